The number of nitrogens with one attached hydrogen (secondary N) is 3. The van der Waals surface area contributed by atoms with Gasteiger partial charge in [0.1, 0.15) is 5.82 Å². The first kappa shape index (κ1) is 20.6. The van der Waals surface area contributed by atoms with Crippen LogP contribution >= 0.6 is 0 Å². The molecule has 28 heavy (non-hydrogen) atoms. The van der Waals surface area contributed by atoms with E-state index >= 15 is 0 Å². The van der Waals surface area contributed by atoms with Crippen LogP contribution in [0.15, 0.2) is 29.4 Å². The quantitative estimate of drug-likeness (QED) is 0.471. The van der Waals surface area contributed by atoms with Crippen LogP contribution in [0, 0.1) is 5.82 Å². The molecule has 0 atom stereocenters. The maximum absolute atomic E-state index is 13.3. The van der Waals surface area contributed by atoms with E-state index in [1.165, 1.54) is 12.1 Å². The Hall–Kier alpha value is -2.13. The Morgan fingerprint density at radius 3 is 2.82 bits per heavy atom. The van der Waals surface area contributed by atoms with E-state index in [0.29, 0.717) is 26.2 Å². The third kappa shape index (κ3) is 5.68. The minimum atomic E-state index is -2.84. The molecule has 0 amide bonds. The van der Waals surface area contributed by atoms with Gasteiger partial charge in [-0.05, 0) is 37.1 Å². The van der Waals surface area contributed by atoms with Crippen molar-refractivity contribution in [2.45, 2.75) is 13.3 Å². The number of nitrogens with zero attached hydrogens (tertiary/aromatic N) is 2. The van der Waals surface area contributed by atoms with E-state index < -0.39 is 9.84 Å². The van der Waals surface area contributed by atoms with Crippen LogP contribution in [0.5, 0.6) is 0 Å². The molecule has 0 bridgehead atoms. The maximum atomic E-state index is 13.3. The first-order valence-electron chi connectivity index (χ1n) is 9.67. The fourth-order valence-corrected chi connectivity index (χ4v) is 4.58. The van der Waals surface area contributed by atoms with Gasteiger partial charge in [0.25, 0.3) is 0 Å². The van der Waals surface area contributed by atoms with Crippen molar-refractivity contribution in [3.63, 3.8) is 0 Å². The zero-order chi connectivity index (χ0) is 20.0. The van der Waals surface area contributed by atoms with Crippen LogP contribution < -0.4 is 10.6 Å². The van der Waals surface area contributed by atoms with Gasteiger partial charge in [0.05, 0.1) is 18.1 Å². The first-order chi connectivity index (χ1) is 13.5. The highest BCUT2D eigenvalue weighted by Gasteiger charge is 2.20. The van der Waals surface area contributed by atoms with E-state index in [1.807, 2.05) is 13.1 Å². The van der Waals surface area contributed by atoms with E-state index in [-0.39, 0.29) is 17.3 Å². The number of hydrogen-bond donors (Lipinski definition) is 3. The molecule has 3 rings (SSSR count). The number of rotatable bonds is 7. The number of aromatic amines is 1. The Morgan fingerprint density at radius 1 is 1.29 bits per heavy atom. The van der Waals surface area contributed by atoms with Gasteiger partial charge in [-0.3, -0.25) is 9.89 Å². The molecular formula is C19H28FN5O2S. The van der Waals surface area contributed by atoms with Gasteiger partial charge in [-0.2, -0.15) is 0 Å². The Balaban J connectivity index is 1.47. The van der Waals surface area contributed by atoms with Crippen LogP contribution in [-0.2, 0) is 16.3 Å². The van der Waals surface area contributed by atoms with E-state index in [2.05, 4.69) is 25.5 Å². The van der Waals surface area contributed by atoms with Crippen LogP contribution in [0.4, 0.5) is 4.39 Å². The fraction of sp³-hybridized carbons (Fsp3) is 0.526. The lowest BCUT2D eigenvalue weighted by atomic mass is 10.1. The second-order valence-electron chi connectivity index (χ2n) is 6.93. The van der Waals surface area contributed by atoms with Crippen LogP contribution in [0.3, 0.4) is 0 Å². The Bertz CT molecular complexity index is 912. The molecule has 0 saturated carbocycles. The molecule has 3 N–H and O–H groups in total. The molecule has 0 spiro atoms. The lowest BCUT2D eigenvalue weighted by Crippen LogP contribution is -2.42. The molecule has 1 aromatic carbocycles. The Kier molecular flexibility index (Phi) is 6.90. The van der Waals surface area contributed by atoms with Gasteiger partial charge >= 0.3 is 0 Å². The Morgan fingerprint density at radius 2 is 2.07 bits per heavy atom. The molecule has 1 aliphatic rings. The summed E-state index contributed by atoms with van der Waals surface area (Å²) in [6, 6.07) is 4.78. The van der Waals surface area contributed by atoms with E-state index in [0.717, 1.165) is 41.9 Å². The predicted molar refractivity (Wildman–Crippen MR) is 111 cm³/mol. The zero-order valence-electron chi connectivity index (χ0n) is 16.2. The van der Waals surface area contributed by atoms with Gasteiger partial charge in [-0.15, -0.1) is 0 Å². The number of H-pyrrole nitrogens is 1. The molecule has 2 heterocycles. The lowest BCUT2D eigenvalue weighted by Gasteiger charge is -2.25. The molecule has 0 aliphatic carbocycles. The molecule has 1 aliphatic heterocycles. The van der Waals surface area contributed by atoms with Crippen molar-refractivity contribution in [2.24, 2.45) is 4.99 Å². The number of sulfone groups is 1. The Labute approximate surface area is 165 Å². The van der Waals surface area contributed by atoms with Crippen molar-refractivity contribution in [1.82, 2.24) is 20.5 Å². The SMILES string of the molecule is CCNC(=NCCN1CCS(=O)(=O)CC1)NCCc1c[nH]c2cc(F)ccc12. The maximum Gasteiger partial charge on any atom is 0.191 e. The summed E-state index contributed by atoms with van der Waals surface area (Å²) in [4.78, 5) is 9.83. The highest BCUT2D eigenvalue weighted by molar-refractivity contribution is 7.91. The van der Waals surface area contributed by atoms with Crippen LogP contribution in [-0.4, -0.2) is 75.0 Å². The van der Waals surface area contributed by atoms with Gasteiger partial charge in [-0.1, -0.05) is 0 Å². The third-order valence-corrected chi connectivity index (χ3v) is 6.49. The number of aliphatic imine (C=N–C) groups is 1. The highest BCUT2D eigenvalue weighted by atomic mass is 32.2. The summed E-state index contributed by atoms with van der Waals surface area (Å²) in [7, 11) is -2.84. The highest BCUT2D eigenvalue weighted by Crippen LogP contribution is 2.19. The van der Waals surface area contributed by atoms with E-state index in [4.69, 9.17) is 0 Å². The minimum Gasteiger partial charge on any atom is -0.361 e. The molecule has 9 heteroatoms. The molecular weight excluding hydrogens is 381 g/mol. The standard InChI is InChI=1S/C19H28FN5O2S/c1-2-21-19(23-7-8-25-9-11-28(26,27)12-10-25)22-6-5-15-14-24-18-13-16(20)3-4-17(15)18/h3-4,13-14,24H,2,5-12H2,1H3,(H2,21,22,23). The van der Waals surface area contributed by atoms with Crippen molar-refractivity contribution >= 4 is 26.7 Å². The van der Waals surface area contributed by atoms with Crippen molar-refractivity contribution in [2.75, 3.05) is 50.8 Å². The number of aromatic nitrogens is 1. The molecule has 0 radical (unpaired) electrons. The van der Waals surface area contributed by atoms with Crippen molar-refractivity contribution in [3.8, 4) is 0 Å². The van der Waals surface area contributed by atoms with Gasteiger partial charge in [0, 0.05) is 49.8 Å². The molecule has 2 aromatic rings. The minimum absolute atomic E-state index is 0.240. The molecule has 1 fully saturated rings. The smallest absolute Gasteiger partial charge is 0.191 e. The first-order valence-corrected chi connectivity index (χ1v) is 11.5. The number of halogens is 1. The summed E-state index contributed by atoms with van der Waals surface area (Å²) in [6.45, 7) is 6.02. The number of benzene rings is 1. The second kappa shape index (κ2) is 9.38. The van der Waals surface area contributed by atoms with Gasteiger partial charge in [0.2, 0.25) is 0 Å². The summed E-state index contributed by atoms with van der Waals surface area (Å²) >= 11 is 0. The summed E-state index contributed by atoms with van der Waals surface area (Å²) in [5.41, 5.74) is 1.94. The summed E-state index contributed by atoms with van der Waals surface area (Å²) in [6.07, 6.45) is 2.71. The van der Waals surface area contributed by atoms with Crippen LogP contribution in [0.2, 0.25) is 0 Å². The van der Waals surface area contributed by atoms with E-state index in [9.17, 15) is 12.8 Å². The molecule has 0 unspecified atom stereocenters. The monoisotopic (exact) mass is 409 g/mol. The van der Waals surface area contributed by atoms with Crippen LogP contribution in [0.1, 0.15) is 12.5 Å². The van der Waals surface area contributed by atoms with Gasteiger partial charge in [-0.25, -0.2) is 12.8 Å². The molecule has 7 nitrogen and oxygen atoms in total. The zero-order valence-corrected chi connectivity index (χ0v) is 17.0. The van der Waals surface area contributed by atoms with Crippen molar-refractivity contribution < 1.29 is 12.8 Å². The fourth-order valence-electron chi connectivity index (χ4n) is 3.30. The van der Waals surface area contributed by atoms with Crippen molar-refractivity contribution in [3.05, 3.63) is 35.8 Å². The predicted octanol–water partition coefficient (Wildman–Crippen LogP) is 1.14. The second-order valence-corrected chi connectivity index (χ2v) is 9.24. The largest absolute Gasteiger partial charge is 0.361 e. The third-order valence-electron chi connectivity index (χ3n) is 4.88. The number of hydrogen-bond acceptors (Lipinski definition) is 4. The van der Waals surface area contributed by atoms with Crippen molar-refractivity contribution in [1.29, 1.82) is 0 Å². The topological polar surface area (TPSA) is 89.6 Å². The molecule has 1 aromatic heterocycles. The summed E-state index contributed by atoms with van der Waals surface area (Å²) in [5, 5.41) is 7.58. The molecule has 154 valence electrons. The summed E-state index contributed by atoms with van der Waals surface area (Å²) in [5.74, 6) is 0.984. The number of fused-ring (bicyclic) bond motifs is 1. The average molecular weight is 410 g/mol. The normalized spacial score (nSPS) is 17.7. The summed E-state index contributed by atoms with van der Waals surface area (Å²) < 4.78 is 36.3. The van der Waals surface area contributed by atoms with E-state index in [1.54, 1.807) is 6.07 Å². The molecule has 1 saturated heterocycles. The number of guanidine groups is 1. The van der Waals surface area contributed by atoms with Crippen LogP contribution in [0.25, 0.3) is 10.9 Å². The average Bonchev–Trinajstić information content (AvgIpc) is 3.05. The van der Waals surface area contributed by atoms with Gasteiger partial charge < -0.3 is 15.6 Å². The lowest BCUT2D eigenvalue weighted by molar-refractivity contribution is 0.304. The van der Waals surface area contributed by atoms with Gasteiger partial charge in [0.15, 0.2) is 15.8 Å².